The van der Waals surface area contributed by atoms with Crippen molar-refractivity contribution in [3.05, 3.63) is 31.8 Å². The van der Waals surface area contributed by atoms with Crippen LogP contribution in [-0.2, 0) is 0 Å². The molecule has 0 bridgehead atoms. The minimum Gasteiger partial charge on any atom is -0.492 e. The van der Waals surface area contributed by atoms with Gasteiger partial charge in [0.05, 0.1) is 44.6 Å². The topological polar surface area (TPSA) is 44.2 Å². The Balaban J connectivity index is 2.13. The van der Waals surface area contributed by atoms with Gasteiger partial charge in [0.2, 0.25) is 0 Å². The van der Waals surface area contributed by atoms with E-state index < -0.39 is 0 Å². The molecule has 25 heavy (non-hydrogen) atoms. The van der Waals surface area contributed by atoms with E-state index in [1.807, 2.05) is 24.3 Å². The molecule has 9 heteroatoms. The molecule has 0 fully saturated rings. The summed E-state index contributed by atoms with van der Waals surface area (Å²) in [6.45, 7) is 0. The maximum atomic E-state index is 5.77. The molecule has 0 spiro atoms. The number of hydrogen-bond acceptors (Lipinski definition) is 7. The molecule has 0 unspecified atom stereocenters. The van der Waals surface area contributed by atoms with Crippen molar-refractivity contribution in [3.8, 4) is 32.4 Å². The lowest BCUT2D eigenvalue weighted by Gasteiger charge is -2.16. The number of benzene rings is 1. The lowest BCUT2D eigenvalue weighted by Crippen LogP contribution is -1.97. The Labute approximate surface area is 173 Å². The van der Waals surface area contributed by atoms with E-state index in [0.29, 0.717) is 11.5 Å². The highest BCUT2D eigenvalue weighted by molar-refractivity contribution is 9.11. The highest BCUT2D eigenvalue weighted by Gasteiger charge is 2.27. The molecule has 0 saturated heterocycles. The quantitative estimate of drug-likeness (QED) is 0.302. The third-order valence-electron chi connectivity index (χ3n) is 3.67. The Morgan fingerprint density at radius 1 is 0.760 bits per heavy atom. The monoisotopic (exact) mass is 516 g/mol. The fourth-order valence-corrected chi connectivity index (χ4v) is 6.12. The molecule has 0 amide bonds. The first-order valence-corrected chi connectivity index (χ1v) is 11.0. The van der Waals surface area contributed by atoms with Crippen LogP contribution in [0, 0.1) is 0 Å². The number of nitrogens with zero attached hydrogens (tertiary/aromatic N) is 2. The van der Waals surface area contributed by atoms with E-state index in [2.05, 4.69) is 40.6 Å². The minimum atomic E-state index is 0.677. The van der Waals surface area contributed by atoms with Crippen molar-refractivity contribution in [2.24, 2.45) is 0 Å². The second-order valence-corrected chi connectivity index (χ2v) is 10.4. The van der Waals surface area contributed by atoms with Crippen molar-refractivity contribution in [1.82, 2.24) is 8.75 Å². The molecular formula is C16H10Br2N2O2S3. The smallest absolute Gasteiger partial charge is 0.172 e. The minimum absolute atomic E-state index is 0.677. The van der Waals surface area contributed by atoms with E-state index in [4.69, 9.17) is 9.47 Å². The van der Waals surface area contributed by atoms with Gasteiger partial charge in [-0.15, -0.1) is 22.7 Å². The third-order valence-corrected chi connectivity index (χ3v) is 7.48. The van der Waals surface area contributed by atoms with Gasteiger partial charge in [0.15, 0.2) is 11.5 Å². The molecule has 4 rings (SSSR count). The van der Waals surface area contributed by atoms with Crippen LogP contribution in [0.2, 0.25) is 0 Å². The van der Waals surface area contributed by atoms with Crippen LogP contribution in [-0.4, -0.2) is 23.0 Å². The van der Waals surface area contributed by atoms with Crippen LogP contribution in [0.5, 0.6) is 11.5 Å². The lowest BCUT2D eigenvalue weighted by molar-refractivity contribution is 0.358. The van der Waals surface area contributed by atoms with Crippen LogP contribution in [0.1, 0.15) is 0 Å². The number of hydrogen-bond donors (Lipinski definition) is 0. The molecule has 1 aromatic carbocycles. The fourth-order valence-electron chi connectivity index (χ4n) is 2.70. The van der Waals surface area contributed by atoms with Gasteiger partial charge in [-0.1, -0.05) is 0 Å². The summed E-state index contributed by atoms with van der Waals surface area (Å²) in [7, 11) is 3.31. The lowest BCUT2D eigenvalue weighted by atomic mass is 10.0. The van der Waals surface area contributed by atoms with Crippen LogP contribution in [0.3, 0.4) is 0 Å². The molecular weight excluding hydrogens is 508 g/mol. The first-order valence-electron chi connectivity index (χ1n) is 7.05. The molecule has 3 heterocycles. The van der Waals surface area contributed by atoms with Crippen molar-refractivity contribution in [2.45, 2.75) is 0 Å². The summed E-state index contributed by atoms with van der Waals surface area (Å²) in [4.78, 5) is 2.11. The van der Waals surface area contributed by atoms with Gasteiger partial charge in [-0.2, -0.15) is 8.75 Å². The van der Waals surface area contributed by atoms with Crippen molar-refractivity contribution in [3.63, 3.8) is 0 Å². The van der Waals surface area contributed by atoms with Crippen LogP contribution in [0.15, 0.2) is 31.8 Å². The van der Waals surface area contributed by atoms with Crippen LogP contribution >= 0.6 is 66.3 Å². The predicted molar refractivity (Wildman–Crippen MR) is 113 cm³/mol. The zero-order chi connectivity index (χ0) is 17.6. The van der Waals surface area contributed by atoms with E-state index in [1.54, 1.807) is 36.9 Å². The molecule has 0 saturated carbocycles. The molecule has 0 radical (unpaired) electrons. The van der Waals surface area contributed by atoms with Crippen molar-refractivity contribution >= 4 is 77.3 Å². The number of methoxy groups -OCH3 is 2. The highest BCUT2D eigenvalue weighted by atomic mass is 79.9. The van der Waals surface area contributed by atoms with E-state index in [9.17, 15) is 0 Å². The fraction of sp³-hybridized carbons (Fsp3) is 0.125. The number of ether oxygens (including phenoxy) is 2. The number of aromatic nitrogens is 2. The largest absolute Gasteiger partial charge is 0.492 e. The molecule has 3 aromatic heterocycles. The zero-order valence-corrected chi connectivity index (χ0v) is 18.6. The Morgan fingerprint density at radius 2 is 1.20 bits per heavy atom. The SMILES string of the molecule is COc1c(OC)c(-c2ccc(Br)s2)c2nsnc2c1-c1ccc(Br)s1. The number of halogens is 2. The number of rotatable bonds is 4. The second-order valence-electron chi connectivity index (χ2n) is 4.99. The molecule has 4 nitrogen and oxygen atoms in total. The second kappa shape index (κ2) is 6.96. The van der Waals surface area contributed by atoms with E-state index in [1.165, 1.54) is 11.7 Å². The van der Waals surface area contributed by atoms with Crippen LogP contribution < -0.4 is 9.47 Å². The van der Waals surface area contributed by atoms with Gasteiger partial charge in [-0.3, -0.25) is 0 Å². The summed E-state index contributed by atoms with van der Waals surface area (Å²) in [5, 5.41) is 0. The molecule has 4 aromatic rings. The summed E-state index contributed by atoms with van der Waals surface area (Å²) < 4.78 is 22.8. The van der Waals surface area contributed by atoms with Crippen molar-refractivity contribution < 1.29 is 9.47 Å². The molecule has 0 N–H and O–H groups in total. The Kier molecular flexibility index (Phi) is 4.85. The van der Waals surface area contributed by atoms with Gasteiger partial charge in [0.25, 0.3) is 0 Å². The number of thiophene rings is 2. The third kappa shape index (κ3) is 2.91. The summed E-state index contributed by atoms with van der Waals surface area (Å²) in [5.41, 5.74) is 3.49. The van der Waals surface area contributed by atoms with Gasteiger partial charge in [0.1, 0.15) is 11.0 Å². The van der Waals surface area contributed by atoms with E-state index in [-0.39, 0.29) is 0 Å². The number of fused-ring (bicyclic) bond motifs is 1. The first kappa shape index (κ1) is 17.4. The maximum absolute atomic E-state index is 5.77. The van der Waals surface area contributed by atoms with E-state index in [0.717, 1.165) is 39.5 Å². The van der Waals surface area contributed by atoms with Gasteiger partial charge in [-0.25, -0.2) is 0 Å². The molecule has 0 aliphatic carbocycles. The summed E-state index contributed by atoms with van der Waals surface area (Å²) in [6.07, 6.45) is 0. The van der Waals surface area contributed by atoms with Gasteiger partial charge in [0, 0.05) is 9.75 Å². The molecule has 0 atom stereocenters. The average molecular weight is 518 g/mol. The molecule has 0 aliphatic rings. The van der Waals surface area contributed by atoms with Gasteiger partial charge in [-0.05, 0) is 56.1 Å². The van der Waals surface area contributed by atoms with Gasteiger partial charge < -0.3 is 9.47 Å². The zero-order valence-electron chi connectivity index (χ0n) is 13.0. The normalized spacial score (nSPS) is 11.2. The van der Waals surface area contributed by atoms with Crippen molar-refractivity contribution in [1.29, 1.82) is 0 Å². The Morgan fingerprint density at radius 3 is 1.52 bits per heavy atom. The van der Waals surface area contributed by atoms with Gasteiger partial charge >= 0.3 is 0 Å². The predicted octanol–water partition coefficient (Wildman–Crippen LogP) is 6.69. The Bertz CT molecular complexity index is 989. The van der Waals surface area contributed by atoms with E-state index >= 15 is 0 Å². The Hall–Kier alpha value is -1.000. The van der Waals surface area contributed by atoms with Crippen LogP contribution in [0.25, 0.3) is 31.9 Å². The van der Waals surface area contributed by atoms with Crippen molar-refractivity contribution in [2.75, 3.05) is 14.2 Å². The highest BCUT2D eigenvalue weighted by Crippen LogP contribution is 2.52. The average Bonchev–Trinajstić information content (AvgIpc) is 3.33. The summed E-state index contributed by atoms with van der Waals surface area (Å²) >= 11 is 11.5. The molecule has 128 valence electrons. The standard InChI is InChI=1S/C16H10Br2N2O2S3/c1-21-15-11(7-3-5-9(17)23-7)13-14(20-25-19-13)12(16(15)22-2)8-4-6-10(18)24-8/h3-6H,1-2H3. The summed E-state index contributed by atoms with van der Waals surface area (Å²) in [6, 6.07) is 8.13. The summed E-state index contributed by atoms with van der Waals surface area (Å²) in [5.74, 6) is 1.35. The first-order chi connectivity index (χ1) is 12.1. The maximum Gasteiger partial charge on any atom is 0.172 e. The molecule has 0 aliphatic heterocycles. The van der Waals surface area contributed by atoms with Crippen LogP contribution in [0.4, 0.5) is 0 Å².